The molecule has 1 fully saturated rings. The molecule has 2 aromatic carbocycles. The van der Waals surface area contributed by atoms with E-state index >= 15 is 0 Å². The molecule has 3 aromatic rings. The highest BCUT2D eigenvalue weighted by molar-refractivity contribution is 7.89. The third kappa shape index (κ3) is 4.11. The van der Waals surface area contributed by atoms with Crippen LogP contribution in [0.25, 0.3) is 10.8 Å². The van der Waals surface area contributed by atoms with E-state index in [0.29, 0.717) is 44.0 Å². The summed E-state index contributed by atoms with van der Waals surface area (Å²) in [7, 11) is -3.58. The molecule has 0 spiro atoms. The molecule has 1 aliphatic rings. The monoisotopic (exact) mass is 426 g/mol. The third-order valence-corrected chi connectivity index (χ3v) is 7.49. The molecule has 4 rings (SSSR count). The van der Waals surface area contributed by atoms with Crippen LogP contribution in [0, 0.1) is 13.8 Å². The van der Waals surface area contributed by atoms with Gasteiger partial charge in [-0.2, -0.15) is 9.40 Å². The Labute approximate surface area is 176 Å². The molecule has 30 heavy (non-hydrogen) atoms. The Kier molecular flexibility index (Phi) is 5.62. The predicted molar refractivity (Wildman–Crippen MR) is 116 cm³/mol. The summed E-state index contributed by atoms with van der Waals surface area (Å²) in [5.41, 5.74) is 1.97. The second kappa shape index (κ2) is 8.20. The van der Waals surface area contributed by atoms with E-state index in [1.54, 1.807) is 17.0 Å². The van der Waals surface area contributed by atoms with Gasteiger partial charge in [-0.1, -0.05) is 30.3 Å². The number of aromatic nitrogens is 2. The molecular weight excluding hydrogens is 400 g/mol. The lowest BCUT2D eigenvalue weighted by Crippen LogP contribution is -2.50. The van der Waals surface area contributed by atoms with Crippen molar-refractivity contribution in [2.45, 2.75) is 31.7 Å². The first-order valence-corrected chi connectivity index (χ1v) is 11.6. The van der Waals surface area contributed by atoms with E-state index in [1.807, 2.05) is 54.9 Å². The lowest BCUT2D eigenvalue weighted by atomic mass is 10.1. The van der Waals surface area contributed by atoms with Crippen LogP contribution in [-0.2, 0) is 21.4 Å². The molecule has 0 atom stereocenters. The van der Waals surface area contributed by atoms with E-state index in [4.69, 9.17) is 0 Å². The minimum Gasteiger partial charge on any atom is -0.340 e. The average molecular weight is 427 g/mol. The Morgan fingerprint density at radius 3 is 2.33 bits per heavy atom. The van der Waals surface area contributed by atoms with E-state index in [9.17, 15) is 13.2 Å². The van der Waals surface area contributed by atoms with Crippen LogP contribution in [0.3, 0.4) is 0 Å². The van der Waals surface area contributed by atoms with Crippen molar-refractivity contribution in [3.05, 3.63) is 59.9 Å². The van der Waals surface area contributed by atoms with Crippen LogP contribution in [0.4, 0.5) is 0 Å². The van der Waals surface area contributed by atoms with Gasteiger partial charge in [-0.3, -0.25) is 9.48 Å². The molecule has 0 radical (unpaired) electrons. The summed E-state index contributed by atoms with van der Waals surface area (Å²) < 4.78 is 29.5. The fourth-order valence-electron chi connectivity index (χ4n) is 3.92. The topological polar surface area (TPSA) is 75.5 Å². The van der Waals surface area contributed by atoms with Crippen molar-refractivity contribution in [3.8, 4) is 0 Å². The van der Waals surface area contributed by atoms with Gasteiger partial charge in [0.2, 0.25) is 15.9 Å². The highest BCUT2D eigenvalue weighted by atomic mass is 32.2. The fraction of sp³-hybridized carbons (Fsp3) is 0.364. The minimum atomic E-state index is -3.58. The number of piperazine rings is 1. The second-order valence-corrected chi connectivity index (χ2v) is 9.63. The molecule has 0 unspecified atom stereocenters. The maximum absolute atomic E-state index is 13.1. The van der Waals surface area contributed by atoms with E-state index in [0.717, 1.165) is 22.2 Å². The lowest BCUT2D eigenvalue weighted by Gasteiger charge is -2.34. The van der Waals surface area contributed by atoms with Crippen molar-refractivity contribution in [1.82, 2.24) is 19.0 Å². The van der Waals surface area contributed by atoms with Crippen molar-refractivity contribution in [2.24, 2.45) is 0 Å². The van der Waals surface area contributed by atoms with Gasteiger partial charge in [-0.15, -0.1) is 0 Å². The van der Waals surface area contributed by atoms with Crippen LogP contribution in [-0.4, -0.2) is 59.5 Å². The first-order valence-electron chi connectivity index (χ1n) is 10.1. The molecule has 8 heteroatoms. The maximum Gasteiger partial charge on any atom is 0.243 e. The molecule has 7 nitrogen and oxygen atoms in total. The molecule has 0 bridgehead atoms. The standard InChI is InChI=1S/C22H26N4O3S/c1-17-15-18(2)26(23-17)10-9-22(27)24-11-13-25(14-12-24)30(28,29)21-8-7-19-5-3-4-6-20(19)16-21/h3-8,15-16H,9-14H2,1-2H3. The van der Waals surface area contributed by atoms with E-state index in [2.05, 4.69) is 5.10 Å². The first kappa shape index (κ1) is 20.6. The number of hydrogen-bond donors (Lipinski definition) is 0. The first-order chi connectivity index (χ1) is 14.3. The Bertz CT molecular complexity index is 1180. The Hall–Kier alpha value is -2.71. The van der Waals surface area contributed by atoms with E-state index in [1.165, 1.54) is 4.31 Å². The van der Waals surface area contributed by atoms with Crippen LogP contribution in [0.5, 0.6) is 0 Å². The van der Waals surface area contributed by atoms with Gasteiger partial charge in [0, 0.05) is 44.8 Å². The highest BCUT2D eigenvalue weighted by Gasteiger charge is 2.30. The van der Waals surface area contributed by atoms with Crippen molar-refractivity contribution < 1.29 is 13.2 Å². The Morgan fingerprint density at radius 1 is 0.967 bits per heavy atom. The molecule has 1 aliphatic heterocycles. The normalized spacial score (nSPS) is 15.6. The average Bonchev–Trinajstić information content (AvgIpc) is 3.08. The molecule has 1 saturated heterocycles. The van der Waals surface area contributed by atoms with Crippen LogP contribution in [0.2, 0.25) is 0 Å². The number of sulfonamides is 1. The van der Waals surface area contributed by atoms with Crippen molar-refractivity contribution in [3.63, 3.8) is 0 Å². The van der Waals surface area contributed by atoms with Crippen molar-refractivity contribution >= 4 is 26.7 Å². The van der Waals surface area contributed by atoms with Crippen molar-refractivity contribution in [2.75, 3.05) is 26.2 Å². The minimum absolute atomic E-state index is 0.0327. The second-order valence-electron chi connectivity index (χ2n) is 7.69. The number of amides is 1. The van der Waals surface area contributed by atoms with Crippen molar-refractivity contribution in [1.29, 1.82) is 0 Å². The summed E-state index contributed by atoms with van der Waals surface area (Å²) >= 11 is 0. The van der Waals surface area contributed by atoms with Gasteiger partial charge in [0.1, 0.15) is 0 Å². The number of aryl methyl sites for hydroxylation is 3. The molecule has 0 N–H and O–H groups in total. The third-order valence-electron chi connectivity index (χ3n) is 5.59. The number of fused-ring (bicyclic) bond motifs is 1. The van der Waals surface area contributed by atoms with Gasteiger partial charge in [0.25, 0.3) is 0 Å². The number of nitrogens with zero attached hydrogens (tertiary/aromatic N) is 4. The summed E-state index contributed by atoms with van der Waals surface area (Å²) in [5.74, 6) is 0.0327. The predicted octanol–water partition coefficient (Wildman–Crippen LogP) is 2.58. The van der Waals surface area contributed by atoms with Gasteiger partial charge < -0.3 is 4.90 Å². The van der Waals surface area contributed by atoms with Gasteiger partial charge >= 0.3 is 0 Å². The zero-order valence-corrected chi connectivity index (χ0v) is 18.1. The number of rotatable bonds is 5. The van der Waals surface area contributed by atoms with Gasteiger partial charge in [0.15, 0.2) is 0 Å². The number of carbonyl (C=O) groups is 1. The molecule has 1 aromatic heterocycles. The molecule has 2 heterocycles. The van der Waals surface area contributed by atoms with Crippen LogP contribution in [0.15, 0.2) is 53.4 Å². The quantitative estimate of drug-likeness (QED) is 0.628. The van der Waals surface area contributed by atoms with Crippen LogP contribution >= 0.6 is 0 Å². The smallest absolute Gasteiger partial charge is 0.243 e. The van der Waals surface area contributed by atoms with Crippen LogP contribution in [0.1, 0.15) is 17.8 Å². The summed E-state index contributed by atoms with van der Waals surface area (Å²) in [6.45, 7) is 5.86. The summed E-state index contributed by atoms with van der Waals surface area (Å²) in [4.78, 5) is 14.6. The number of carbonyl (C=O) groups excluding carboxylic acids is 1. The molecule has 158 valence electrons. The zero-order chi connectivity index (χ0) is 21.3. The maximum atomic E-state index is 13.1. The molecule has 1 amide bonds. The molecular formula is C22H26N4O3S. The summed E-state index contributed by atoms with van der Waals surface area (Å²) in [6.07, 6.45) is 0.361. The Balaban J connectivity index is 1.38. The molecule has 0 saturated carbocycles. The summed E-state index contributed by atoms with van der Waals surface area (Å²) in [5, 5.41) is 6.29. The van der Waals surface area contributed by atoms with Gasteiger partial charge in [-0.05, 0) is 42.8 Å². The number of benzene rings is 2. The van der Waals surface area contributed by atoms with E-state index in [-0.39, 0.29) is 5.91 Å². The zero-order valence-electron chi connectivity index (χ0n) is 17.3. The molecule has 0 aliphatic carbocycles. The van der Waals surface area contributed by atoms with Gasteiger partial charge in [0.05, 0.1) is 10.6 Å². The summed E-state index contributed by atoms with van der Waals surface area (Å²) in [6, 6.07) is 14.9. The SMILES string of the molecule is Cc1cc(C)n(CCC(=O)N2CCN(S(=O)(=O)c3ccc4ccccc4c3)CC2)n1. The highest BCUT2D eigenvalue weighted by Crippen LogP contribution is 2.23. The largest absolute Gasteiger partial charge is 0.340 e. The fourth-order valence-corrected chi connectivity index (χ4v) is 5.37. The lowest BCUT2D eigenvalue weighted by molar-refractivity contribution is -0.132. The Morgan fingerprint density at radius 2 is 1.67 bits per heavy atom. The van der Waals surface area contributed by atoms with Gasteiger partial charge in [-0.25, -0.2) is 8.42 Å². The van der Waals surface area contributed by atoms with E-state index < -0.39 is 10.0 Å². The van der Waals surface area contributed by atoms with Crippen LogP contribution < -0.4 is 0 Å². The number of hydrogen-bond acceptors (Lipinski definition) is 4.